The minimum atomic E-state index is -0.397. The predicted molar refractivity (Wildman–Crippen MR) is 109 cm³/mol. The standard InChI is InChI=1S/C20H26N6O3/c1-25(2)20(29)19-15(13-27)4-3-11-26(19)12-18(28)24-17(22)6-5-16(21)14-7-9-23-10-8-14/h5-10,13H,3-4,11-12,21-22H2,1-2H3,(H,24,28)/b16-5-,17-6+. The first-order valence-corrected chi connectivity index (χ1v) is 9.11. The van der Waals surface area contributed by atoms with Crippen molar-refractivity contribution in [2.24, 2.45) is 11.5 Å². The second-order valence-electron chi connectivity index (χ2n) is 6.74. The largest absolute Gasteiger partial charge is 0.398 e. The van der Waals surface area contributed by atoms with E-state index >= 15 is 0 Å². The van der Waals surface area contributed by atoms with Gasteiger partial charge in [-0.3, -0.25) is 19.4 Å². The smallest absolute Gasteiger partial charge is 0.270 e. The molecular formula is C20H26N6O3. The summed E-state index contributed by atoms with van der Waals surface area (Å²) in [6.07, 6.45) is 8.19. The molecule has 0 aliphatic carbocycles. The van der Waals surface area contributed by atoms with Crippen molar-refractivity contribution in [2.45, 2.75) is 12.8 Å². The predicted octanol–water partition coefficient (Wildman–Crippen LogP) is -0.0655. The van der Waals surface area contributed by atoms with Crippen molar-refractivity contribution in [2.75, 3.05) is 27.2 Å². The number of nitrogens with zero attached hydrogens (tertiary/aromatic N) is 3. The normalized spacial score (nSPS) is 15.2. The maximum absolute atomic E-state index is 12.5. The van der Waals surface area contributed by atoms with Crippen molar-refractivity contribution in [3.8, 4) is 0 Å². The van der Waals surface area contributed by atoms with E-state index in [1.54, 1.807) is 49.6 Å². The Morgan fingerprint density at radius 2 is 1.93 bits per heavy atom. The zero-order chi connectivity index (χ0) is 21.4. The number of likely N-dealkylation sites (N-methyl/N-ethyl adjacent to an activating group) is 1. The van der Waals surface area contributed by atoms with Crippen LogP contribution in [0.1, 0.15) is 18.4 Å². The third-order valence-electron chi connectivity index (χ3n) is 4.32. The van der Waals surface area contributed by atoms with Crippen LogP contribution in [0.15, 0.2) is 53.8 Å². The number of hydrogen-bond acceptors (Lipinski definition) is 7. The van der Waals surface area contributed by atoms with Crippen LogP contribution in [0, 0.1) is 0 Å². The highest BCUT2D eigenvalue weighted by Crippen LogP contribution is 2.22. The van der Waals surface area contributed by atoms with Crippen LogP contribution < -0.4 is 16.8 Å². The first-order valence-electron chi connectivity index (χ1n) is 9.11. The lowest BCUT2D eigenvalue weighted by atomic mass is 10.0. The van der Waals surface area contributed by atoms with E-state index in [1.807, 2.05) is 0 Å². The third kappa shape index (κ3) is 5.93. The van der Waals surface area contributed by atoms with Crippen LogP contribution in [0.3, 0.4) is 0 Å². The van der Waals surface area contributed by atoms with E-state index in [0.717, 1.165) is 5.56 Å². The zero-order valence-corrected chi connectivity index (χ0v) is 16.6. The van der Waals surface area contributed by atoms with Gasteiger partial charge in [-0.05, 0) is 37.1 Å². The van der Waals surface area contributed by atoms with Crippen LogP contribution in [0.4, 0.5) is 0 Å². The van der Waals surface area contributed by atoms with Gasteiger partial charge < -0.3 is 26.6 Å². The molecule has 0 saturated carbocycles. The Labute approximate surface area is 169 Å². The van der Waals surface area contributed by atoms with Gasteiger partial charge in [0.25, 0.3) is 5.91 Å². The molecule has 1 aliphatic heterocycles. The van der Waals surface area contributed by atoms with Gasteiger partial charge in [0.2, 0.25) is 5.91 Å². The molecule has 1 aliphatic rings. The maximum atomic E-state index is 12.5. The Bertz CT molecular complexity index is 858. The van der Waals surface area contributed by atoms with Gasteiger partial charge in [-0.15, -0.1) is 0 Å². The number of amides is 2. The summed E-state index contributed by atoms with van der Waals surface area (Å²) in [6.45, 7) is 0.405. The molecule has 2 rings (SSSR count). The highest BCUT2D eigenvalue weighted by Gasteiger charge is 2.28. The zero-order valence-electron chi connectivity index (χ0n) is 16.6. The van der Waals surface area contributed by atoms with E-state index in [2.05, 4.69) is 10.3 Å². The average Bonchev–Trinajstić information content (AvgIpc) is 2.71. The van der Waals surface area contributed by atoms with E-state index < -0.39 is 5.91 Å². The molecule has 2 amide bonds. The van der Waals surface area contributed by atoms with E-state index in [-0.39, 0.29) is 24.0 Å². The molecule has 0 bridgehead atoms. The molecule has 154 valence electrons. The number of carbonyl (C=O) groups excluding carboxylic acids is 3. The van der Waals surface area contributed by atoms with Crippen molar-refractivity contribution >= 4 is 23.8 Å². The fraction of sp³-hybridized carbons (Fsp3) is 0.300. The number of rotatable bonds is 7. The number of pyridine rings is 1. The Morgan fingerprint density at radius 1 is 1.24 bits per heavy atom. The van der Waals surface area contributed by atoms with Gasteiger partial charge in [-0.2, -0.15) is 0 Å². The van der Waals surface area contributed by atoms with Gasteiger partial charge >= 0.3 is 0 Å². The fourth-order valence-corrected chi connectivity index (χ4v) is 2.89. The first kappa shape index (κ1) is 21.7. The molecule has 0 spiro atoms. The third-order valence-corrected chi connectivity index (χ3v) is 4.32. The lowest BCUT2D eigenvalue weighted by Crippen LogP contribution is -2.44. The monoisotopic (exact) mass is 398 g/mol. The lowest BCUT2D eigenvalue weighted by Gasteiger charge is -2.32. The van der Waals surface area contributed by atoms with Crippen LogP contribution in [-0.2, 0) is 14.4 Å². The SMILES string of the molecule is CN(C)C(=O)C1=C(C=O)CCCN1CC(=O)N/C(N)=C/C=C(\N)c1ccncc1. The summed E-state index contributed by atoms with van der Waals surface area (Å²) in [6, 6.07) is 3.51. The number of aromatic nitrogens is 1. The quantitative estimate of drug-likeness (QED) is 0.432. The summed E-state index contributed by atoms with van der Waals surface area (Å²) in [7, 11) is 3.20. The molecule has 0 aromatic carbocycles. The molecule has 1 aromatic rings. The summed E-state index contributed by atoms with van der Waals surface area (Å²) < 4.78 is 0. The number of hydrogen-bond donors (Lipinski definition) is 3. The van der Waals surface area contributed by atoms with Crippen molar-refractivity contribution < 1.29 is 14.4 Å². The van der Waals surface area contributed by atoms with Crippen LogP contribution in [0.2, 0.25) is 0 Å². The van der Waals surface area contributed by atoms with Crippen LogP contribution in [0.5, 0.6) is 0 Å². The van der Waals surface area contributed by atoms with Crippen LogP contribution in [0.25, 0.3) is 5.70 Å². The van der Waals surface area contributed by atoms with Gasteiger partial charge in [0, 0.05) is 49.9 Å². The first-order chi connectivity index (χ1) is 13.8. The molecular weight excluding hydrogens is 372 g/mol. The average molecular weight is 398 g/mol. The molecule has 0 fully saturated rings. The number of allylic oxidation sites excluding steroid dienone is 3. The van der Waals surface area contributed by atoms with Gasteiger partial charge in [-0.1, -0.05) is 0 Å². The highest BCUT2D eigenvalue weighted by molar-refractivity contribution is 5.99. The second kappa shape index (κ2) is 10.1. The Balaban J connectivity index is 2.07. The van der Waals surface area contributed by atoms with Crippen molar-refractivity contribution in [3.63, 3.8) is 0 Å². The fourth-order valence-electron chi connectivity index (χ4n) is 2.89. The molecule has 1 aromatic heterocycles. The summed E-state index contributed by atoms with van der Waals surface area (Å²) in [4.78, 5) is 43.1. The van der Waals surface area contributed by atoms with Crippen LogP contribution in [-0.4, -0.2) is 60.1 Å². The van der Waals surface area contributed by atoms with Crippen molar-refractivity contribution in [1.29, 1.82) is 0 Å². The molecule has 0 radical (unpaired) electrons. The molecule has 0 unspecified atom stereocenters. The minimum absolute atomic E-state index is 0.0929. The molecule has 0 atom stereocenters. The number of aldehydes is 1. The minimum Gasteiger partial charge on any atom is -0.398 e. The summed E-state index contributed by atoms with van der Waals surface area (Å²) in [5.74, 6) is -0.592. The van der Waals surface area contributed by atoms with Gasteiger partial charge in [0.1, 0.15) is 17.8 Å². The Morgan fingerprint density at radius 3 is 2.55 bits per heavy atom. The van der Waals surface area contributed by atoms with E-state index in [9.17, 15) is 14.4 Å². The van der Waals surface area contributed by atoms with E-state index in [1.165, 1.54) is 11.0 Å². The number of nitrogens with two attached hydrogens (primary N) is 2. The molecule has 5 N–H and O–H groups in total. The molecule has 2 heterocycles. The maximum Gasteiger partial charge on any atom is 0.270 e. The highest BCUT2D eigenvalue weighted by atomic mass is 16.2. The topological polar surface area (TPSA) is 135 Å². The Kier molecular flexibility index (Phi) is 7.53. The second-order valence-corrected chi connectivity index (χ2v) is 6.74. The van der Waals surface area contributed by atoms with E-state index in [4.69, 9.17) is 11.5 Å². The summed E-state index contributed by atoms with van der Waals surface area (Å²) >= 11 is 0. The summed E-state index contributed by atoms with van der Waals surface area (Å²) in [5.41, 5.74) is 13.7. The number of nitrogens with one attached hydrogen (secondary N) is 1. The van der Waals surface area contributed by atoms with Gasteiger partial charge in [0.15, 0.2) is 0 Å². The van der Waals surface area contributed by atoms with Crippen molar-refractivity contribution in [3.05, 3.63) is 59.3 Å². The van der Waals surface area contributed by atoms with Crippen molar-refractivity contribution in [1.82, 2.24) is 20.1 Å². The molecule has 9 heteroatoms. The van der Waals surface area contributed by atoms with E-state index in [0.29, 0.717) is 36.9 Å². The number of carbonyl (C=O) groups is 3. The molecule has 9 nitrogen and oxygen atoms in total. The molecule has 29 heavy (non-hydrogen) atoms. The Hall–Kier alpha value is -3.62. The summed E-state index contributed by atoms with van der Waals surface area (Å²) in [5, 5.41) is 2.57. The van der Waals surface area contributed by atoms with Gasteiger partial charge in [0.05, 0.1) is 6.54 Å². The van der Waals surface area contributed by atoms with Gasteiger partial charge in [-0.25, -0.2) is 0 Å². The molecule has 0 saturated heterocycles. The van der Waals surface area contributed by atoms with Crippen LogP contribution >= 0.6 is 0 Å². The lowest BCUT2D eigenvalue weighted by molar-refractivity contribution is -0.127.